The number of nitrogens with one attached hydrogen (secondary N) is 1. The van der Waals surface area contributed by atoms with Crippen molar-refractivity contribution in [2.45, 2.75) is 6.92 Å². The highest BCUT2D eigenvalue weighted by molar-refractivity contribution is 5.80. The summed E-state index contributed by atoms with van der Waals surface area (Å²) in [4.78, 5) is 0. The second kappa shape index (κ2) is 3.79. The highest BCUT2D eigenvalue weighted by atomic mass is 16.5. The minimum absolute atomic E-state index is 0.646. The molecule has 2 heterocycles. The van der Waals surface area contributed by atoms with Crippen LogP contribution in [0.1, 0.15) is 5.69 Å². The van der Waals surface area contributed by atoms with E-state index in [9.17, 15) is 0 Å². The zero-order chi connectivity index (χ0) is 11.0. The lowest BCUT2D eigenvalue weighted by atomic mass is 10.1. The summed E-state index contributed by atoms with van der Waals surface area (Å²) >= 11 is 0. The molecule has 16 heavy (non-hydrogen) atoms. The predicted molar refractivity (Wildman–Crippen MR) is 60.6 cm³/mol. The Labute approximate surface area is 93.6 Å². The topological polar surface area (TPSA) is 47.3 Å². The number of hydrogen-bond donors (Lipinski definition) is 1. The van der Waals surface area contributed by atoms with Crippen LogP contribution in [-0.2, 0) is 0 Å². The number of aromatic nitrogens is 1. The van der Waals surface area contributed by atoms with Gasteiger partial charge in [-0.25, -0.2) is 0 Å². The van der Waals surface area contributed by atoms with Crippen LogP contribution in [0.2, 0.25) is 0 Å². The fourth-order valence-corrected chi connectivity index (χ4v) is 1.81. The zero-order valence-corrected chi connectivity index (χ0v) is 9.19. The molecule has 1 fully saturated rings. The zero-order valence-electron chi connectivity index (χ0n) is 9.19. The number of hydrogen-bond acceptors (Lipinski definition) is 4. The molecule has 0 spiro atoms. The summed E-state index contributed by atoms with van der Waals surface area (Å²) in [6, 6.07) is 5.87. The van der Waals surface area contributed by atoms with Crippen LogP contribution in [0, 0.1) is 12.8 Å². The summed E-state index contributed by atoms with van der Waals surface area (Å²) in [5, 5.41) is 8.19. The van der Waals surface area contributed by atoms with Gasteiger partial charge in [-0.15, -0.1) is 0 Å². The quantitative estimate of drug-likeness (QED) is 0.852. The van der Waals surface area contributed by atoms with Gasteiger partial charge in [0, 0.05) is 30.5 Å². The molecule has 0 aliphatic carbocycles. The van der Waals surface area contributed by atoms with E-state index < -0.39 is 0 Å². The molecule has 0 bridgehead atoms. The predicted octanol–water partition coefficient (Wildman–Crippen LogP) is 1.73. The minimum Gasteiger partial charge on any atom is -0.493 e. The van der Waals surface area contributed by atoms with Gasteiger partial charge in [0.1, 0.15) is 5.75 Å². The first kappa shape index (κ1) is 9.66. The van der Waals surface area contributed by atoms with Crippen molar-refractivity contribution in [1.82, 2.24) is 10.5 Å². The standard InChI is InChI=1S/C12H14N2O2/c1-8-11-3-2-10(4-12(11)16-14-8)15-7-9-5-13-6-9/h2-4,9,13H,5-7H2,1H3. The van der Waals surface area contributed by atoms with Crippen LogP contribution in [0.3, 0.4) is 0 Å². The molecule has 1 aromatic carbocycles. The Bertz CT molecular complexity index is 503. The molecule has 84 valence electrons. The Balaban J connectivity index is 1.76. The molecular weight excluding hydrogens is 204 g/mol. The monoisotopic (exact) mass is 218 g/mol. The van der Waals surface area contributed by atoms with E-state index in [1.54, 1.807) is 0 Å². The van der Waals surface area contributed by atoms with E-state index in [4.69, 9.17) is 9.26 Å². The van der Waals surface area contributed by atoms with E-state index in [2.05, 4.69) is 10.5 Å². The van der Waals surface area contributed by atoms with Crippen molar-refractivity contribution in [3.63, 3.8) is 0 Å². The molecule has 1 aliphatic heterocycles. The summed E-state index contributed by atoms with van der Waals surface area (Å²) in [5.41, 5.74) is 1.71. The first-order valence-corrected chi connectivity index (χ1v) is 5.52. The van der Waals surface area contributed by atoms with Crippen molar-refractivity contribution in [3.8, 4) is 5.75 Å². The molecule has 1 aromatic heterocycles. The highest BCUT2D eigenvalue weighted by Crippen LogP contribution is 2.23. The van der Waals surface area contributed by atoms with Gasteiger partial charge in [-0.1, -0.05) is 5.16 Å². The van der Waals surface area contributed by atoms with Crippen molar-refractivity contribution in [1.29, 1.82) is 0 Å². The fourth-order valence-electron chi connectivity index (χ4n) is 1.81. The largest absolute Gasteiger partial charge is 0.493 e. The van der Waals surface area contributed by atoms with E-state index in [0.29, 0.717) is 5.92 Å². The summed E-state index contributed by atoms with van der Waals surface area (Å²) in [6.45, 7) is 4.82. The summed E-state index contributed by atoms with van der Waals surface area (Å²) in [7, 11) is 0. The number of rotatable bonds is 3. The normalized spacial score (nSPS) is 16.3. The fraction of sp³-hybridized carbons (Fsp3) is 0.417. The second-order valence-electron chi connectivity index (χ2n) is 4.26. The lowest BCUT2D eigenvalue weighted by Crippen LogP contribution is -2.45. The van der Waals surface area contributed by atoms with Gasteiger partial charge < -0.3 is 14.6 Å². The van der Waals surface area contributed by atoms with Crippen molar-refractivity contribution in [2.75, 3.05) is 19.7 Å². The molecule has 0 amide bonds. The Morgan fingerprint density at radius 2 is 2.38 bits per heavy atom. The van der Waals surface area contributed by atoms with Crippen LogP contribution in [0.4, 0.5) is 0 Å². The maximum atomic E-state index is 5.70. The maximum Gasteiger partial charge on any atom is 0.170 e. The van der Waals surface area contributed by atoms with Crippen molar-refractivity contribution >= 4 is 11.0 Å². The van der Waals surface area contributed by atoms with Gasteiger partial charge in [0.25, 0.3) is 0 Å². The Hall–Kier alpha value is -1.55. The highest BCUT2D eigenvalue weighted by Gasteiger charge is 2.17. The Morgan fingerprint density at radius 1 is 1.50 bits per heavy atom. The second-order valence-corrected chi connectivity index (χ2v) is 4.26. The van der Waals surface area contributed by atoms with Crippen LogP contribution < -0.4 is 10.1 Å². The third kappa shape index (κ3) is 1.65. The third-order valence-electron chi connectivity index (χ3n) is 2.98. The molecule has 4 heteroatoms. The molecule has 1 N–H and O–H groups in total. The number of ether oxygens (including phenoxy) is 1. The molecule has 1 aliphatic rings. The summed E-state index contributed by atoms with van der Waals surface area (Å²) in [6.07, 6.45) is 0. The average Bonchev–Trinajstić information content (AvgIpc) is 2.58. The van der Waals surface area contributed by atoms with Crippen molar-refractivity contribution in [2.24, 2.45) is 5.92 Å². The SMILES string of the molecule is Cc1noc2cc(OCC3CNC3)ccc12. The van der Waals surface area contributed by atoms with Gasteiger partial charge >= 0.3 is 0 Å². The maximum absolute atomic E-state index is 5.70. The van der Waals surface area contributed by atoms with Crippen molar-refractivity contribution < 1.29 is 9.26 Å². The van der Waals surface area contributed by atoms with Crippen LogP contribution in [0.15, 0.2) is 22.7 Å². The Kier molecular flexibility index (Phi) is 2.29. The van der Waals surface area contributed by atoms with Crippen molar-refractivity contribution in [3.05, 3.63) is 23.9 Å². The van der Waals surface area contributed by atoms with Gasteiger partial charge in [0.15, 0.2) is 5.58 Å². The van der Waals surface area contributed by atoms with Gasteiger partial charge in [0.05, 0.1) is 12.3 Å². The van der Waals surface area contributed by atoms with Gasteiger partial charge in [0.2, 0.25) is 0 Å². The average molecular weight is 218 g/mol. The Morgan fingerprint density at radius 3 is 3.12 bits per heavy atom. The van der Waals surface area contributed by atoms with Gasteiger partial charge in [-0.2, -0.15) is 0 Å². The summed E-state index contributed by atoms with van der Waals surface area (Å²) in [5.74, 6) is 1.50. The van der Waals surface area contributed by atoms with E-state index in [1.807, 2.05) is 25.1 Å². The minimum atomic E-state index is 0.646. The van der Waals surface area contributed by atoms with Crippen LogP contribution in [-0.4, -0.2) is 24.9 Å². The van der Waals surface area contributed by atoms with E-state index in [1.165, 1.54) is 0 Å². The van der Waals surface area contributed by atoms with Crippen LogP contribution in [0.5, 0.6) is 5.75 Å². The van der Waals surface area contributed by atoms with E-state index >= 15 is 0 Å². The molecule has 0 saturated carbocycles. The van der Waals surface area contributed by atoms with Crippen LogP contribution >= 0.6 is 0 Å². The van der Waals surface area contributed by atoms with Crippen LogP contribution in [0.25, 0.3) is 11.0 Å². The number of nitrogens with zero attached hydrogens (tertiary/aromatic N) is 1. The third-order valence-corrected chi connectivity index (χ3v) is 2.98. The lowest BCUT2D eigenvalue weighted by Gasteiger charge is -2.26. The molecule has 0 radical (unpaired) electrons. The van der Waals surface area contributed by atoms with Gasteiger partial charge in [-0.05, 0) is 19.1 Å². The smallest absolute Gasteiger partial charge is 0.170 e. The molecule has 3 rings (SSSR count). The number of fused-ring (bicyclic) bond motifs is 1. The first-order chi connectivity index (χ1) is 7.83. The molecule has 2 aromatic rings. The number of benzene rings is 1. The molecule has 4 nitrogen and oxygen atoms in total. The molecule has 1 saturated heterocycles. The summed E-state index contributed by atoms with van der Waals surface area (Å²) < 4.78 is 10.9. The molecule has 0 unspecified atom stereocenters. The van der Waals surface area contributed by atoms with Gasteiger partial charge in [-0.3, -0.25) is 0 Å². The number of aryl methyl sites for hydroxylation is 1. The van der Waals surface area contributed by atoms with E-state index in [-0.39, 0.29) is 0 Å². The first-order valence-electron chi connectivity index (χ1n) is 5.52. The molecule has 0 atom stereocenters. The lowest BCUT2D eigenvalue weighted by molar-refractivity contribution is 0.199. The molecular formula is C12H14N2O2. The van der Waals surface area contributed by atoms with E-state index in [0.717, 1.165) is 42.1 Å².